The Labute approximate surface area is 160 Å². The fraction of sp³-hybridized carbons (Fsp3) is 0.389. The van der Waals surface area contributed by atoms with E-state index in [1.807, 2.05) is 12.1 Å². The first-order valence-corrected chi connectivity index (χ1v) is 9.10. The van der Waals surface area contributed by atoms with Crippen molar-refractivity contribution < 1.29 is 27.2 Å². The number of furan rings is 1. The maximum Gasteiger partial charge on any atom is 0.573 e. The Morgan fingerprint density at radius 2 is 1.89 bits per heavy atom. The van der Waals surface area contributed by atoms with Crippen molar-refractivity contribution in [3.63, 3.8) is 0 Å². The molecule has 1 atom stereocenters. The molecular weight excluding hydrogens is 379 g/mol. The Morgan fingerprint density at radius 3 is 2.48 bits per heavy atom. The van der Waals surface area contributed by atoms with Crippen LogP contribution in [-0.2, 0) is 0 Å². The van der Waals surface area contributed by atoms with Gasteiger partial charge in [0.15, 0.2) is 16.9 Å². The normalized spacial score (nSPS) is 16.1. The molecule has 0 spiro atoms. The van der Waals surface area contributed by atoms with Crippen LogP contribution >= 0.6 is 12.2 Å². The predicted octanol–water partition coefficient (Wildman–Crippen LogP) is 2.88. The number of likely N-dealkylation sites (tertiary alicyclic amines) is 1. The zero-order valence-corrected chi connectivity index (χ0v) is 15.3. The third kappa shape index (κ3) is 5.86. The Hall–Kier alpha value is -2.26. The molecule has 0 radical (unpaired) electrons. The second-order valence-electron chi connectivity index (χ2n) is 6.34. The summed E-state index contributed by atoms with van der Waals surface area (Å²) in [7, 11) is 0. The SMILES string of the molecule is FC(F)(F)Oc1ccc(NC(=S)NC[C@@H](c2ccco2)[NH+]2CCCC2)cc1. The number of anilines is 1. The summed E-state index contributed by atoms with van der Waals surface area (Å²) in [4.78, 5) is 1.45. The van der Waals surface area contributed by atoms with Crippen molar-refractivity contribution in [2.45, 2.75) is 25.2 Å². The smallest absolute Gasteiger partial charge is 0.463 e. The van der Waals surface area contributed by atoms with Gasteiger partial charge >= 0.3 is 6.36 Å². The van der Waals surface area contributed by atoms with Gasteiger partial charge in [-0.2, -0.15) is 0 Å². The van der Waals surface area contributed by atoms with Gasteiger partial charge in [-0.05, 0) is 48.6 Å². The fourth-order valence-corrected chi connectivity index (χ4v) is 3.42. The summed E-state index contributed by atoms with van der Waals surface area (Å²) in [6.07, 6.45) is -0.646. The first-order valence-electron chi connectivity index (χ1n) is 8.69. The molecule has 0 aliphatic carbocycles. The maximum absolute atomic E-state index is 12.2. The van der Waals surface area contributed by atoms with Crippen LogP contribution in [0.15, 0.2) is 47.1 Å². The topological polar surface area (TPSA) is 50.9 Å². The highest BCUT2D eigenvalue weighted by molar-refractivity contribution is 7.80. The van der Waals surface area contributed by atoms with Gasteiger partial charge in [-0.1, -0.05) is 0 Å². The molecule has 1 aliphatic rings. The van der Waals surface area contributed by atoms with Gasteiger partial charge in [0.25, 0.3) is 0 Å². The van der Waals surface area contributed by atoms with E-state index in [0.29, 0.717) is 17.3 Å². The van der Waals surface area contributed by atoms with E-state index in [-0.39, 0.29) is 11.8 Å². The first-order chi connectivity index (χ1) is 12.9. The molecule has 1 aromatic carbocycles. The van der Waals surface area contributed by atoms with E-state index in [9.17, 15) is 13.2 Å². The summed E-state index contributed by atoms with van der Waals surface area (Å²) in [6.45, 7) is 2.78. The predicted molar refractivity (Wildman–Crippen MR) is 98.7 cm³/mol. The third-order valence-electron chi connectivity index (χ3n) is 4.44. The maximum atomic E-state index is 12.2. The van der Waals surface area contributed by atoms with Crippen molar-refractivity contribution in [3.05, 3.63) is 48.4 Å². The highest BCUT2D eigenvalue weighted by Gasteiger charge is 2.31. The lowest BCUT2D eigenvalue weighted by Crippen LogP contribution is -3.11. The fourth-order valence-electron chi connectivity index (χ4n) is 3.22. The highest BCUT2D eigenvalue weighted by Crippen LogP contribution is 2.23. The zero-order valence-electron chi connectivity index (χ0n) is 14.5. The molecule has 9 heteroatoms. The molecule has 3 N–H and O–H groups in total. The molecule has 1 aromatic heterocycles. The summed E-state index contributed by atoms with van der Waals surface area (Å²) in [6, 6.07) is 9.42. The van der Waals surface area contributed by atoms with Gasteiger partial charge < -0.3 is 24.7 Å². The average Bonchev–Trinajstić information content (AvgIpc) is 3.30. The van der Waals surface area contributed by atoms with Gasteiger partial charge in [-0.3, -0.25) is 0 Å². The van der Waals surface area contributed by atoms with E-state index in [1.54, 1.807) is 6.26 Å². The minimum atomic E-state index is -4.70. The van der Waals surface area contributed by atoms with E-state index in [1.165, 1.54) is 42.0 Å². The molecule has 27 heavy (non-hydrogen) atoms. The Bertz CT molecular complexity index is 729. The number of thiocarbonyl (C=S) groups is 1. The van der Waals surface area contributed by atoms with Crippen molar-refractivity contribution in [2.75, 3.05) is 25.0 Å². The molecule has 146 valence electrons. The van der Waals surface area contributed by atoms with Crippen LogP contribution in [0.5, 0.6) is 5.75 Å². The van der Waals surface area contributed by atoms with Gasteiger partial charge in [0.2, 0.25) is 0 Å². The van der Waals surface area contributed by atoms with Gasteiger partial charge in [0, 0.05) is 18.5 Å². The summed E-state index contributed by atoms with van der Waals surface area (Å²) in [5.41, 5.74) is 0.574. The molecule has 0 unspecified atom stereocenters. The monoisotopic (exact) mass is 400 g/mol. The van der Waals surface area contributed by atoms with Crippen molar-refractivity contribution in [1.82, 2.24) is 5.32 Å². The Kier molecular flexibility index (Phi) is 6.22. The summed E-state index contributed by atoms with van der Waals surface area (Å²) in [5, 5.41) is 6.54. The first kappa shape index (κ1) is 19.5. The van der Waals surface area contributed by atoms with E-state index in [0.717, 1.165) is 18.8 Å². The van der Waals surface area contributed by atoms with E-state index < -0.39 is 6.36 Å². The lowest BCUT2D eigenvalue weighted by molar-refractivity contribution is -0.919. The van der Waals surface area contributed by atoms with Crippen LogP contribution in [0.1, 0.15) is 24.6 Å². The number of benzene rings is 1. The minimum absolute atomic E-state index is 0.157. The summed E-state index contributed by atoms with van der Waals surface area (Å²) in [5.74, 6) is 0.637. The molecule has 0 bridgehead atoms. The van der Waals surface area contributed by atoms with Crippen LogP contribution < -0.4 is 20.3 Å². The molecule has 5 nitrogen and oxygen atoms in total. The third-order valence-corrected chi connectivity index (χ3v) is 4.68. The second kappa shape index (κ2) is 8.62. The second-order valence-corrected chi connectivity index (χ2v) is 6.75. The van der Waals surface area contributed by atoms with Gasteiger partial charge in [0.1, 0.15) is 5.75 Å². The molecule has 1 saturated heterocycles. The molecule has 0 saturated carbocycles. The number of hydrogen-bond donors (Lipinski definition) is 3. The number of ether oxygens (including phenoxy) is 1. The van der Waals surface area contributed by atoms with Gasteiger partial charge in [-0.25, -0.2) is 0 Å². The van der Waals surface area contributed by atoms with Gasteiger partial charge in [0.05, 0.1) is 25.9 Å². The minimum Gasteiger partial charge on any atom is -0.463 e. The standard InChI is InChI=1S/C18H20F3N3O2S/c19-18(20,21)26-14-7-5-13(6-8-14)23-17(27)22-12-15(16-4-3-11-25-16)24-9-1-2-10-24/h3-8,11,15H,1-2,9-10,12H2,(H2,22,23,27)/p+1/t15-/m0/s1. The number of halogens is 3. The van der Waals surface area contributed by atoms with E-state index in [4.69, 9.17) is 16.6 Å². The highest BCUT2D eigenvalue weighted by atomic mass is 32.1. The van der Waals surface area contributed by atoms with E-state index >= 15 is 0 Å². The summed E-state index contributed by atoms with van der Waals surface area (Å²) >= 11 is 5.31. The zero-order chi connectivity index (χ0) is 19.3. The van der Waals surface area contributed by atoms with Crippen LogP contribution in [0, 0.1) is 0 Å². The Balaban J connectivity index is 1.53. The average molecular weight is 400 g/mol. The Morgan fingerprint density at radius 1 is 1.19 bits per heavy atom. The number of quaternary nitrogens is 1. The van der Waals surface area contributed by atoms with Crippen LogP contribution in [0.25, 0.3) is 0 Å². The number of nitrogens with one attached hydrogen (secondary N) is 3. The number of alkyl halides is 3. The van der Waals surface area contributed by atoms with Gasteiger partial charge in [-0.15, -0.1) is 13.2 Å². The molecule has 0 amide bonds. The van der Waals surface area contributed by atoms with Crippen LogP contribution in [-0.4, -0.2) is 31.1 Å². The van der Waals surface area contributed by atoms with Crippen LogP contribution in [0.2, 0.25) is 0 Å². The van der Waals surface area contributed by atoms with Crippen molar-refractivity contribution >= 4 is 23.0 Å². The molecular formula is C18H21F3N3O2S+. The molecule has 1 aliphatic heterocycles. The van der Waals surface area contributed by atoms with Crippen molar-refractivity contribution in [3.8, 4) is 5.75 Å². The molecule has 3 rings (SSSR count). The van der Waals surface area contributed by atoms with E-state index in [2.05, 4.69) is 15.4 Å². The molecule has 1 fully saturated rings. The number of rotatable bonds is 6. The molecule has 2 heterocycles. The van der Waals surface area contributed by atoms with Crippen molar-refractivity contribution in [1.29, 1.82) is 0 Å². The lowest BCUT2D eigenvalue weighted by atomic mass is 10.2. The largest absolute Gasteiger partial charge is 0.573 e. The number of hydrogen-bond acceptors (Lipinski definition) is 3. The van der Waals surface area contributed by atoms with Crippen LogP contribution in [0.4, 0.5) is 18.9 Å². The van der Waals surface area contributed by atoms with Crippen LogP contribution in [0.3, 0.4) is 0 Å². The lowest BCUT2D eigenvalue weighted by Gasteiger charge is -2.23. The molecule has 2 aromatic rings. The van der Waals surface area contributed by atoms with Crippen molar-refractivity contribution in [2.24, 2.45) is 0 Å². The quantitative estimate of drug-likeness (QED) is 0.651. The summed E-state index contributed by atoms with van der Waals surface area (Å²) < 4.78 is 46.0.